The van der Waals surface area contributed by atoms with Crippen molar-refractivity contribution in [2.45, 2.75) is 44.7 Å². The van der Waals surface area contributed by atoms with E-state index in [1.54, 1.807) is 12.1 Å². The molecule has 1 unspecified atom stereocenters. The third-order valence-corrected chi connectivity index (χ3v) is 4.71. The fourth-order valence-corrected chi connectivity index (χ4v) is 3.30. The second kappa shape index (κ2) is 7.74. The van der Waals surface area contributed by atoms with Crippen molar-refractivity contribution in [1.29, 1.82) is 0 Å². The predicted octanol–water partition coefficient (Wildman–Crippen LogP) is 1.35. The number of nitrogens with zero attached hydrogens (tertiary/aromatic N) is 1. The molecule has 7 heteroatoms. The molecular formula is C18H22FN3O3. The maximum Gasteiger partial charge on any atom is 0.254 e. The Hall–Kier alpha value is -2.28. The highest BCUT2D eigenvalue weighted by atomic mass is 19.1. The molecule has 0 aromatic heterocycles. The lowest BCUT2D eigenvalue weighted by atomic mass is 10.0. The van der Waals surface area contributed by atoms with Crippen molar-refractivity contribution in [2.24, 2.45) is 0 Å². The summed E-state index contributed by atoms with van der Waals surface area (Å²) in [5.74, 6) is -2.08. The van der Waals surface area contributed by atoms with E-state index in [2.05, 4.69) is 15.5 Å². The Morgan fingerprint density at radius 2 is 2.00 bits per heavy atom. The van der Waals surface area contributed by atoms with Crippen LogP contribution in [0.4, 0.5) is 4.39 Å². The topological polar surface area (TPSA) is 78.5 Å². The van der Waals surface area contributed by atoms with Crippen LogP contribution in [0.2, 0.25) is 0 Å². The minimum Gasteiger partial charge on any atom is -0.340 e. The van der Waals surface area contributed by atoms with Gasteiger partial charge in [-0.05, 0) is 38.4 Å². The van der Waals surface area contributed by atoms with E-state index in [9.17, 15) is 18.8 Å². The first-order valence-corrected chi connectivity index (χ1v) is 8.69. The summed E-state index contributed by atoms with van der Waals surface area (Å²) >= 11 is 0. The van der Waals surface area contributed by atoms with Gasteiger partial charge in [0.05, 0.1) is 5.56 Å². The highest BCUT2D eigenvalue weighted by molar-refractivity contribution is 6.03. The van der Waals surface area contributed by atoms with Gasteiger partial charge in [0.2, 0.25) is 11.8 Å². The van der Waals surface area contributed by atoms with E-state index in [1.165, 1.54) is 12.5 Å². The van der Waals surface area contributed by atoms with Gasteiger partial charge in [0, 0.05) is 18.5 Å². The highest BCUT2D eigenvalue weighted by Crippen LogP contribution is 2.18. The fraction of sp³-hybridized carbons (Fsp3) is 0.500. The van der Waals surface area contributed by atoms with Gasteiger partial charge >= 0.3 is 0 Å². The molecule has 2 fully saturated rings. The lowest BCUT2D eigenvalue weighted by Crippen LogP contribution is -2.52. The third-order valence-electron chi connectivity index (χ3n) is 4.71. The monoisotopic (exact) mass is 347 g/mol. The summed E-state index contributed by atoms with van der Waals surface area (Å²) in [6.07, 6.45) is 3.81. The predicted molar refractivity (Wildman–Crippen MR) is 89.2 cm³/mol. The molecule has 0 radical (unpaired) electrons. The lowest BCUT2D eigenvalue weighted by molar-refractivity contribution is -0.134. The molecule has 0 spiro atoms. The molecular weight excluding hydrogens is 325 g/mol. The number of rotatable bonds is 4. The number of benzene rings is 1. The Kier molecular flexibility index (Phi) is 5.43. The fourth-order valence-electron chi connectivity index (χ4n) is 3.30. The summed E-state index contributed by atoms with van der Waals surface area (Å²) in [5, 5.41) is 4.69. The van der Waals surface area contributed by atoms with Crippen LogP contribution in [0.5, 0.6) is 0 Å². The average molecular weight is 347 g/mol. The normalized spacial score (nSPS) is 21.7. The van der Waals surface area contributed by atoms with Crippen molar-refractivity contribution in [3.05, 3.63) is 35.1 Å². The Bertz CT molecular complexity index is 686. The Labute approximate surface area is 145 Å². The van der Waals surface area contributed by atoms with Crippen LogP contribution < -0.4 is 10.6 Å². The average Bonchev–Trinajstić information content (AvgIpc) is 2.60. The van der Waals surface area contributed by atoms with Crippen molar-refractivity contribution < 1.29 is 18.8 Å². The summed E-state index contributed by atoms with van der Waals surface area (Å²) in [5.41, 5.74) is 0.414. The van der Waals surface area contributed by atoms with Crippen molar-refractivity contribution in [2.75, 3.05) is 13.1 Å². The number of hydrogen-bond donors (Lipinski definition) is 2. The highest BCUT2D eigenvalue weighted by Gasteiger charge is 2.29. The van der Waals surface area contributed by atoms with Crippen molar-refractivity contribution in [1.82, 2.24) is 15.5 Å². The molecule has 6 nitrogen and oxygen atoms in total. The minimum absolute atomic E-state index is 0.0702. The summed E-state index contributed by atoms with van der Waals surface area (Å²) in [6.45, 7) is 2.35. The lowest BCUT2D eigenvalue weighted by Gasteiger charge is -2.27. The van der Waals surface area contributed by atoms with Crippen LogP contribution in [-0.4, -0.2) is 41.8 Å². The summed E-state index contributed by atoms with van der Waals surface area (Å²) in [7, 11) is 0. The number of piperidine rings is 2. The molecule has 2 N–H and O–H groups in total. The molecule has 25 heavy (non-hydrogen) atoms. The largest absolute Gasteiger partial charge is 0.340 e. The molecule has 1 aromatic rings. The second-order valence-electron chi connectivity index (χ2n) is 6.59. The summed E-state index contributed by atoms with van der Waals surface area (Å²) < 4.78 is 14.7. The van der Waals surface area contributed by atoms with E-state index in [1.807, 2.05) is 0 Å². The first-order valence-electron chi connectivity index (χ1n) is 8.69. The summed E-state index contributed by atoms with van der Waals surface area (Å²) in [6, 6.07) is 3.94. The maximum atomic E-state index is 14.7. The van der Waals surface area contributed by atoms with Gasteiger partial charge in [-0.1, -0.05) is 18.6 Å². The van der Waals surface area contributed by atoms with Crippen LogP contribution in [0, 0.1) is 5.82 Å². The van der Waals surface area contributed by atoms with Gasteiger partial charge in [-0.25, -0.2) is 4.39 Å². The van der Waals surface area contributed by atoms with Crippen molar-refractivity contribution in [3.8, 4) is 0 Å². The first-order chi connectivity index (χ1) is 12.0. The number of imide groups is 1. The van der Waals surface area contributed by atoms with E-state index in [0.29, 0.717) is 12.1 Å². The quantitative estimate of drug-likeness (QED) is 0.806. The number of hydrogen-bond acceptors (Lipinski definition) is 4. The van der Waals surface area contributed by atoms with Gasteiger partial charge in [0.15, 0.2) is 0 Å². The van der Waals surface area contributed by atoms with Crippen LogP contribution in [-0.2, 0) is 16.1 Å². The van der Waals surface area contributed by atoms with Crippen LogP contribution in [0.3, 0.4) is 0 Å². The molecule has 2 heterocycles. The van der Waals surface area contributed by atoms with E-state index in [-0.39, 0.29) is 24.3 Å². The Morgan fingerprint density at radius 1 is 1.24 bits per heavy atom. The molecule has 0 bridgehead atoms. The Balaban J connectivity index is 1.69. The molecule has 2 aliphatic rings. The molecule has 2 aliphatic heterocycles. The molecule has 1 aromatic carbocycles. The second-order valence-corrected chi connectivity index (χ2v) is 6.59. The minimum atomic E-state index is -0.810. The molecule has 134 valence electrons. The zero-order valence-electron chi connectivity index (χ0n) is 14.0. The van der Waals surface area contributed by atoms with Gasteiger partial charge < -0.3 is 5.32 Å². The number of likely N-dealkylation sites (tertiary alicyclic amines) is 1. The SMILES string of the molecule is O=C1CCC(NC(=O)c2cccc(CN3CCCCC3)c2F)C(=O)N1. The molecule has 3 amide bonds. The number of amides is 3. The zero-order valence-corrected chi connectivity index (χ0v) is 14.0. The van der Waals surface area contributed by atoms with Gasteiger partial charge in [-0.15, -0.1) is 0 Å². The molecule has 0 aliphatic carbocycles. The van der Waals surface area contributed by atoms with Crippen LogP contribution >= 0.6 is 0 Å². The summed E-state index contributed by atoms with van der Waals surface area (Å²) in [4.78, 5) is 37.5. The van der Waals surface area contributed by atoms with Gasteiger partial charge in [-0.3, -0.25) is 24.6 Å². The molecule has 3 rings (SSSR count). The first kappa shape index (κ1) is 17.5. The van der Waals surface area contributed by atoms with E-state index < -0.39 is 23.7 Å². The van der Waals surface area contributed by atoms with E-state index in [4.69, 9.17) is 0 Å². The third kappa shape index (κ3) is 4.22. The smallest absolute Gasteiger partial charge is 0.254 e. The van der Waals surface area contributed by atoms with Gasteiger partial charge in [0.1, 0.15) is 11.9 Å². The standard InChI is InChI=1S/C18H22FN3O3/c19-16-12(11-22-9-2-1-3-10-22)5-4-6-13(16)17(24)20-14-7-8-15(23)21-18(14)25/h4-6,14H,1-3,7-11H2,(H,20,24)(H,21,23,25). The molecule has 1 atom stereocenters. The maximum absolute atomic E-state index is 14.7. The number of carbonyl (C=O) groups excluding carboxylic acids is 3. The van der Waals surface area contributed by atoms with Crippen LogP contribution in [0.15, 0.2) is 18.2 Å². The van der Waals surface area contributed by atoms with Gasteiger partial charge in [-0.2, -0.15) is 0 Å². The van der Waals surface area contributed by atoms with Crippen LogP contribution in [0.25, 0.3) is 0 Å². The van der Waals surface area contributed by atoms with E-state index >= 15 is 0 Å². The number of carbonyl (C=O) groups is 3. The van der Waals surface area contributed by atoms with Crippen molar-refractivity contribution >= 4 is 17.7 Å². The number of halogens is 1. The van der Waals surface area contributed by atoms with E-state index in [0.717, 1.165) is 25.9 Å². The van der Waals surface area contributed by atoms with Crippen molar-refractivity contribution in [3.63, 3.8) is 0 Å². The van der Waals surface area contributed by atoms with Crippen LogP contribution in [0.1, 0.15) is 48.0 Å². The number of nitrogens with one attached hydrogen (secondary N) is 2. The molecule has 2 saturated heterocycles. The molecule has 0 saturated carbocycles. The van der Waals surface area contributed by atoms with Gasteiger partial charge in [0.25, 0.3) is 5.91 Å². The zero-order chi connectivity index (χ0) is 17.8. The Morgan fingerprint density at radius 3 is 2.72 bits per heavy atom.